The van der Waals surface area contributed by atoms with Crippen LogP contribution in [0.2, 0.25) is 0 Å². The fourth-order valence-corrected chi connectivity index (χ4v) is 2.24. The predicted octanol–water partition coefficient (Wildman–Crippen LogP) is 3.30. The molecule has 0 saturated carbocycles. The number of nitrogens with two attached hydrogens (primary N) is 1. The van der Waals surface area contributed by atoms with Gasteiger partial charge in [0.15, 0.2) is 0 Å². The molecular weight excluding hydrogens is 351 g/mol. The average Bonchev–Trinajstić information content (AvgIpc) is 2.38. The number of hydrogen-bond acceptors (Lipinski definition) is 4. The van der Waals surface area contributed by atoms with Gasteiger partial charge in [0.05, 0.1) is 6.04 Å². The van der Waals surface area contributed by atoms with E-state index in [4.69, 9.17) is 5.84 Å². The lowest BCUT2D eigenvalue weighted by atomic mass is 10.0. The third-order valence-corrected chi connectivity index (χ3v) is 3.08. The quantitative estimate of drug-likeness (QED) is 0.647. The van der Waals surface area contributed by atoms with Crippen LogP contribution in [0.3, 0.4) is 0 Å². The van der Waals surface area contributed by atoms with Crippen LogP contribution in [0.1, 0.15) is 17.2 Å². The third-order valence-electron chi connectivity index (χ3n) is 2.65. The number of rotatable bonds is 4. The highest BCUT2D eigenvalue weighted by molar-refractivity contribution is 9.10. The molecule has 1 aromatic heterocycles. The van der Waals surface area contributed by atoms with Crippen LogP contribution in [0.15, 0.2) is 47.2 Å². The molecule has 8 heteroatoms. The number of pyridine rings is 1. The van der Waals surface area contributed by atoms with E-state index >= 15 is 0 Å². The van der Waals surface area contributed by atoms with Crippen molar-refractivity contribution in [2.45, 2.75) is 12.4 Å². The van der Waals surface area contributed by atoms with Crippen LogP contribution < -0.4 is 16.0 Å². The fourth-order valence-electron chi connectivity index (χ4n) is 1.86. The molecule has 0 spiro atoms. The molecule has 21 heavy (non-hydrogen) atoms. The normalized spacial score (nSPS) is 13.0. The Kier molecular flexibility index (Phi) is 4.81. The fraction of sp³-hybridized carbons (Fsp3) is 0.154. The van der Waals surface area contributed by atoms with E-state index in [9.17, 15) is 13.2 Å². The van der Waals surface area contributed by atoms with E-state index in [2.05, 4.69) is 31.1 Å². The Bertz CT molecular complexity index is 622. The zero-order valence-corrected chi connectivity index (χ0v) is 12.1. The number of hydrazine groups is 1. The van der Waals surface area contributed by atoms with Gasteiger partial charge < -0.3 is 4.74 Å². The Morgan fingerprint density at radius 3 is 2.57 bits per heavy atom. The Labute approximate surface area is 127 Å². The molecule has 2 rings (SSSR count). The maximum Gasteiger partial charge on any atom is 0.573 e. The van der Waals surface area contributed by atoms with Crippen LogP contribution in [0.5, 0.6) is 5.75 Å². The highest BCUT2D eigenvalue weighted by Gasteiger charge is 2.31. The van der Waals surface area contributed by atoms with Gasteiger partial charge in [0.1, 0.15) is 5.75 Å². The number of benzene rings is 1. The molecule has 1 aromatic carbocycles. The van der Waals surface area contributed by atoms with Gasteiger partial charge >= 0.3 is 6.36 Å². The van der Waals surface area contributed by atoms with E-state index in [0.29, 0.717) is 11.1 Å². The molecular formula is C13H11BrF3N3O. The maximum atomic E-state index is 12.3. The van der Waals surface area contributed by atoms with Gasteiger partial charge in [-0.3, -0.25) is 10.8 Å². The molecule has 0 saturated heterocycles. The Morgan fingerprint density at radius 1 is 1.19 bits per heavy atom. The van der Waals surface area contributed by atoms with E-state index in [1.54, 1.807) is 24.5 Å². The molecule has 0 fully saturated rings. The molecule has 112 valence electrons. The van der Waals surface area contributed by atoms with Gasteiger partial charge in [0.2, 0.25) is 0 Å². The second-order valence-corrected chi connectivity index (χ2v) is 5.07. The smallest absolute Gasteiger partial charge is 0.406 e. The van der Waals surface area contributed by atoms with Crippen molar-refractivity contribution < 1.29 is 17.9 Å². The molecule has 0 aliphatic heterocycles. The largest absolute Gasteiger partial charge is 0.573 e. The highest BCUT2D eigenvalue weighted by Crippen LogP contribution is 2.28. The van der Waals surface area contributed by atoms with Crippen molar-refractivity contribution in [1.82, 2.24) is 10.4 Å². The number of hydrogen-bond donors (Lipinski definition) is 2. The van der Waals surface area contributed by atoms with Crippen molar-refractivity contribution in [2.24, 2.45) is 5.84 Å². The first-order valence-electron chi connectivity index (χ1n) is 5.81. The summed E-state index contributed by atoms with van der Waals surface area (Å²) in [5.41, 5.74) is 3.79. The van der Waals surface area contributed by atoms with Crippen molar-refractivity contribution in [3.63, 3.8) is 0 Å². The van der Waals surface area contributed by atoms with E-state index in [1.807, 2.05) is 0 Å². The molecule has 0 radical (unpaired) electrons. The van der Waals surface area contributed by atoms with Crippen LogP contribution in [0.25, 0.3) is 0 Å². The van der Waals surface area contributed by atoms with Crippen molar-refractivity contribution in [2.75, 3.05) is 0 Å². The molecule has 3 N–H and O–H groups in total. The lowest BCUT2D eigenvalue weighted by Crippen LogP contribution is -2.29. The number of halogens is 4. The molecule has 1 unspecified atom stereocenters. The molecule has 1 atom stereocenters. The van der Waals surface area contributed by atoms with Gasteiger partial charge in [-0.25, -0.2) is 5.43 Å². The lowest BCUT2D eigenvalue weighted by molar-refractivity contribution is -0.274. The predicted molar refractivity (Wildman–Crippen MR) is 74.2 cm³/mol. The van der Waals surface area contributed by atoms with Crippen molar-refractivity contribution in [3.05, 3.63) is 58.3 Å². The first-order valence-corrected chi connectivity index (χ1v) is 6.60. The van der Waals surface area contributed by atoms with E-state index in [0.717, 1.165) is 4.47 Å². The Hall–Kier alpha value is -1.64. The summed E-state index contributed by atoms with van der Waals surface area (Å²) < 4.78 is 41.4. The zero-order valence-electron chi connectivity index (χ0n) is 10.6. The van der Waals surface area contributed by atoms with Gasteiger partial charge in [0.25, 0.3) is 0 Å². The molecule has 4 nitrogen and oxygen atoms in total. The lowest BCUT2D eigenvalue weighted by Gasteiger charge is -2.18. The van der Waals surface area contributed by atoms with Crippen molar-refractivity contribution in [3.8, 4) is 5.75 Å². The second kappa shape index (κ2) is 6.42. The van der Waals surface area contributed by atoms with Gasteiger partial charge in [0, 0.05) is 16.9 Å². The summed E-state index contributed by atoms with van der Waals surface area (Å²) in [5.74, 6) is 5.21. The van der Waals surface area contributed by atoms with Crippen LogP contribution in [-0.4, -0.2) is 11.3 Å². The van der Waals surface area contributed by atoms with E-state index < -0.39 is 12.4 Å². The van der Waals surface area contributed by atoms with Crippen LogP contribution in [0.4, 0.5) is 13.2 Å². The number of nitrogens with one attached hydrogen (secondary N) is 1. The highest BCUT2D eigenvalue weighted by atomic mass is 79.9. The maximum absolute atomic E-state index is 12.3. The van der Waals surface area contributed by atoms with Crippen LogP contribution in [0, 0.1) is 0 Å². The molecule has 1 heterocycles. The summed E-state index contributed by atoms with van der Waals surface area (Å²) in [6, 6.07) is 6.88. The second-order valence-electron chi connectivity index (χ2n) is 4.16. The standard InChI is InChI=1S/C13H11BrF3N3O/c14-10-4-9(6-19-7-10)12(20-18)8-2-1-3-11(5-8)21-13(15,16)17/h1-7,12,20H,18H2. The summed E-state index contributed by atoms with van der Waals surface area (Å²) >= 11 is 3.28. The van der Waals surface area contributed by atoms with Gasteiger partial charge in [-0.15, -0.1) is 13.2 Å². The minimum absolute atomic E-state index is 0.303. The first kappa shape index (κ1) is 15.7. The number of alkyl halides is 3. The van der Waals surface area contributed by atoms with E-state index in [1.165, 1.54) is 18.2 Å². The minimum Gasteiger partial charge on any atom is -0.406 e. The van der Waals surface area contributed by atoms with E-state index in [-0.39, 0.29) is 5.75 Å². The molecule has 0 amide bonds. The average molecular weight is 362 g/mol. The van der Waals surface area contributed by atoms with Gasteiger partial charge in [-0.1, -0.05) is 12.1 Å². The number of aromatic nitrogens is 1. The molecule has 0 bridgehead atoms. The summed E-state index contributed by atoms with van der Waals surface area (Å²) in [5, 5.41) is 0. The van der Waals surface area contributed by atoms with Crippen LogP contribution in [-0.2, 0) is 0 Å². The third kappa shape index (κ3) is 4.42. The Balaban J connectivity index is 2.32. The van der Waals surface area contributed by atoms with Gasteiger partial charge in [-0.05, 0) is 45.3 Å². The summed E-state index contributed by atoms with van der Waals surface area (Å²) in [6.45, 7) is 0. The monoisotopic (exact) mass is 361 g/mol. The summed E-state index contributed by atoms with van der Waals surface area (Å²) in [6.07, 6.45) is -1.56. The number of ether oxygens (including phenoxy) is 1. The zero-order chi connectivity index (χ0) is 15.5. The van der Waals surface area contributed by atoms with Crippen LogP contribution >= 0.6 is 15.9 Å². The summed E-state index contributed by atoms with van der Waals surface area (Å²) in [4.78, 5) is 4.01. The van der Waals surface area contributed by atoms with Crippen molar-refractivity contribution >= 4 is 15.9 Å². The SMILES string of the molecule is NNC(c1cncc(Br)c1)c1cccc(OC(F)(F)F)c1. The molecule has 0 aliphatic rings. The topological polar surface area (TPSA) is 60.2 Å². The van der Waals surface area contributed by atoms with Crippen molar-refractivity contribution in [1.29, 1.82) is 0 Å². The summed E-state index contributed by atoms with van der Waals surface area (Å²) in [7, 11) is 0. The first-order chi connectivity index (χ1) is 9.89. The minimum atomic E-state index is -4.73. The Morgan fingerprint density at radius 2 is 1.95 bits per heavy atom. The van der Waals surface area contributed by atoms with Gasteiger partial charge in [-0.2, -0.15) is 0 Å². The molecule has 0 aliphatic carbocycles. The number of nitrogens with zero attached hydrogens (tertiary/aromatic N) is 1. The molecule has 2 aromatic rings.